The number of ether oxygens (including phenoxy) is 2. The lowest BCUT2D eigenvalue weighted by molar-refractivity contribution is -0.158. The highest BCUT2D eigenvalue weighted by Gasteiger charge is 2.54. The van der Waals surface area contributed by atoms with Crippen molar-refractivity contribution in [2.45, 2.75) is 71.1 Å². The molecule has 4 aromatic heterocycles. The van der Waals surface area contributed by atoms with E-state index >= 15 is 0 Å². The second-order valence-corrected chi connectivity index (χ2v) is 10.5. The van der Waals surface area contributed by atoms with Gasteiger partial charge in [-0.3, -0.25) is 4.98 Å². The van der Waals surface area contributed by atoms with Gasteiger partial charge in [-0.25, -0.2) is 4.98 Å². The summed E-state index contributed by atoms with van der Waals surface area (Å²) in [5.41, 5.74) is 3.23. The van der Waals surface area contributed by atoms with Gasteiger partial charge in [0.15, 0.2) is 11.4 Å². The minimum absolute atomic E-state index is 0.0285. The van der Waals surface area contributed by atoms with E-state index in [4.69, 9.17) is 28.3 Å². The number of fused-ring (bicyclic) bond motifs is 2. The predicted molar refractivity (Wildman–Crippen MR) is 142 cm³/mol. The molecule has 4 atom stereocenters. The van der Waals surface area contributed by atoms with Crippen LogP contribution in [0.5, 0.6) is 0 Å². The van der Waals surface area contributed by atoms with E-state index in [-0.39, 0.29) is 30.8 Å². The molecule has 0 amide bonds. The number of nitrogens with one attached hydrogen (secondary N) is 2. The van der Waals surface area contributed by atoms with Crippen molar-refractivity contribution in [2.24, 2.45) is 5.92 Å². The number of furan rings is 2. The smallest absolute Gasteiger partial charge is 0.225 e. The van der Waals surface area contributed by atoms with Crippen molar-refractivity contribution in [2.75, 3.05) is 17.2 Å². The van der Waals surface area contributed by atoms with Gasteiger partial charge in [0.1, 0.15) is 23.4 Å². The second-order valence-electron chi connectivity index (χ2n) is 10.5. The number of aliphatic hydroxyl groups is 1. The Hall–Kier alpha value is -3.47. The summed E-state index contributed by atoms with van der Waals surface area (Å²) in [6.45, 7) is 8.30. The number of pyridine rings is 1. The fourth-order valence-electron chi connectivity index (χ4n) is 5.52. The fraction of sp³-hybridized carbons (Fsp3) is 0.464. The van der Waals surface area contributed by atoms with Crippen LogP contribution in [0.3, 0.4) is 0 Å². The zero-order chi connectivity index (χ0) is 26.4. The maximum Gasteiger partial charge on any atom is 0.225 e. The van der Waals surface area contributed by atoms with Crippen LogP contribution >= 0.6 is 0 Å². The van der Waals surface area contributed by atoms with Crippen LogP contribution in [-0.4, -0.2) is 50.7 Å². The van der Waals surface area contributed by atoms with E-state index in [2.05, 4.69) is 22.5 Å². The molecule has 38 heavy (non-hydrogen) atoms. The summed E-state index contributed by atoms with van der Waals surface area (Å²) in [5, 5.41) is 17.9. The van der Waals surface area contributed by atoms with Crippen LogP contribution in [-0.2, 0) is 22.4 Å². The summed E-state index contributed by atoms with van der Waals surface area (Å²) in [5.74, 6) is 1.78. The van der Waals surface area contributed by atoms with Crippen molar-refractivity contribution in [3.8, 4) is 11.3 Å². The van der Waals surface area contributed by atoms with Gasteiger partial charge < -0.3 is 34.0 Å². The molecule has 2 fully saturated rings. The molecule has 1 saturated heterocycles. The molecule has 0 spiro atoms. The Kier molecular flexibility index (Phi) is 6.33. The van der Waals surface area contributed by atoms with Crippen molar-refractivity contribution in [1.82, 2.24) is 15.0 Å². The Morgan fingerprint density at radius 2 is 2.00 bits per heavy atom. The normalized spacial score (nSPS) is 24.1. The zero-order valence-electron chi connectivity index (χ0n) is 22.0. The molecule has 200 valence electrons. The molecule has 1 saturated carbocycles. The number of aryl methyl sites for hydroxylation is 2. The molecule has 4 aromatic rings. The van der Waals surface area contributed by atoms with Crippen LogP contribution in [0.1, 0.15) is 44.3 Å². The molecule has 0 unspecified atom stereocenters. The number of aromatic nitrogens is 3. The van der Waals surface area contributed by atoms with Crippen molar-refractivity contribution in [1.29, 1.82) is 0 Å². The fourth-order valence-corrected chi connectivity index (χ4v) is 5.52. The maximum atomic E-state index is 10.0. The van der Waals surface area contributed by atoms with Crippen molar-refractivity contribution in [3.63, 3.8) is 0 Å². The maximum absolute atomic E-state index is 10.0. The molecule has 0 radical (unpaired) electrons. The number of aliphatic hydroxyl groups excluding tert-OH is 1. The molecule has 10 nitrogen and oxygen atoms in total. The molecule has 10 heteroatoms. The largest absolute Gasteiger partial charge is 0.467 e. The van der Waals surface area contributed by atoms with Gasteiger partial charge in [-0.15, -0.1) is 0 Å². The lowest BCUT2D eigenvalue weighted by Crippen LogP contribution is -2.35. The van der Waals surface area contributed by atoms with E-state index in [0.717, 1.165) is 34.5 Å². The lowest BCUT2D eigenvalue weighted by Gasteiger charge is -2.25. The number of rotatable bonds is 8. The molecule has 5 heterocycles. The van der Waals surface area contributed by atoms with E-state index in [9.17, 15) is 5.11 Å². The highest BCUT2D eigenvalue weighted by atomic mass is 16.8. The van der Waals surface area contributed by atoms with E-state index in [1.165, 1.54) is 0 Å². The number of anilines is 2. The van der Waals surface area contributed by atoms with Gasteiger partial charge in [0.25, 0.3) is 0 Å². The van der Waals surface area contributed by atoms with Gasteiger partial charge in [-0.2, -0.15) is 4.98 Å². The topological polar surface area (TPSA) is 128 Å². The van der Waals surface area contributed by atoms with Crippen LogP contribution < -0.4 is 10.6 Å². The third kappa shape index (κ3) is 4.63. The molecule has 0 bridgehead atoms. The Morgan fingerprint density at radius 1 is 1.16 bits per heavy atom. The standard InChI is InChI=1S/C28H33N5O5/c1-5-18-9-16-11-21(36-22(16)13-29-18)23-15(2)31-27(30-12-19-7-6-8-35-19)33-26(23)32-20-10-17(14-34)24-25(20)38-28(3,4)37-24/h6-9,11,13,17,20,24-25,34H,5,10,12,14H2,1-4H3,(H2,30,31,32,33)/t17-,20-,24-,25+/m1/s1. The van der Waals surface area contributed by atoms with E-state index in [1.54, 1.807) is 12.5 Å². The van der Waals surface area contributed by atoms with Gasteiger partial charge in [0.05, 0.1) is 42.4 Å². The van der Waals surface area contributed by atoms with Gasteiger partial charge in [0, 0.05) is 23.6 Å². The third-order valence-electron chi connectivity index (χ3n) is 7.30. The summed E-state index contributed by atoms with van der Waals surface area (Å²) < 4.78 is 24.1. The van der Waals surface area contributed by atoms with Gasteiger partial charge >= 0.3 is 0 Å². The molecular weight excluding hydrogens is 486 g/mol. The minimum Gasteiger partial charge on any atom is -0.467 e. The van der Waals surface area contributed by atoms with E-state index < -0.39 is 5.79 Å². The average Bonchev–Trinajstić information content (AvgIpc) is 3.66. The summed E-state index contributed by atoms with van der Waals surface area (Å²) in [4.78, 5) is 14.1. The van der Waals surface area contributed by atoms with Crippen molar-refractivity contribution >= 4 is 22.7 Å². The van der Waals surface area contributed by atoms with Crippen LogP contribution in [0.15, 0.2) is 45.6 Å². The highest BCUT2D eigenvalue weighted by molar-refractivity contribution is 5.86. The van der Waals surface area contributed by atoms with Crippen LogP contribution in [0, 0.1) is 12.8 Å². The first-order valence-corrected chi connectivity index (χ1v) is 13.1. The quantitative estimate of drug-likeness (QED) is 0.302. The average molecular weight is 520 g/mol. The molecule has 1 aliphatic carbocycles. The second kappa shape index (κ2) is 9.68. The molecule has 0 aromatic carbocycles. The van der Waals surface area contributed by atoms with Crippen molar-refractivity contribution in [3.05, 3.63) is 53.9 Å². The van der Waals surface area contributed by atoms with Crippen LogP contribution in [0.25, 0.3) is 22.3 Å². The Labute approximate surface area is 220 Å². The van der Waals surface area contributed by atoms with Crippen LogP contribution in [0.2, 0.25) is 0 Å². The number of nitrogens with zero attached hydrogens (tertiary/aromatic N) is 3. The molecule has 3 N–H and O–H groups in total. The summed E-state index contributed by atoms with van der Waals surface area (Å²) in [6, 6.07) is 7.67. The number of hydrogen-bond donors (Lipinski definition) is 3. The Balaban J connectivity index is 1.38. The minimum atomic E-state index is -0.716. The monoisotopic (exact) mass is 519 g/mol. The first-order chi connectivity index (χ1) is 18.3. The molecule has 2 aliphatic rings. The lowest BCUT2D eigenvalue weighted by atomic mass is 10.1. The highest BCUT2D eigenvalue weighted by Crippen LogP contribution is 2.43. The first kappa shape index (κ1) is 24.8. The SMILES string of the molecule is CCc1cc2cc(-c3c(C)nc(NCc4ccco4)nc3N[C@@H]3C[C@H](CO)[C@H]4OC(C)(C)O[C@H]43)oc2cn1. The number of hydrogen-bond acceptors (Lipinski definition) is 10. The summed E-state index contributed by atoms with van der Waals surface area (Å²) >= 11 is 0. The van der Waals surface area contributed by atoms with Crippen LogP contribution in [0.4, 0.5) is 11.8 Å². The van der Waals surface area contributed by atoms with Gasteiger partial charge in [-0.1, -0.05) is 6.92 Å². The van der Waals surface area contributed by atoms with Gasteiger partial charge in [-0.05, 0) is 57.9 Å². The molecular formula is C28H33N5O5. The Bertz CT molecular complexity index is 1430. The summed E-state index contributed by atoms with van der Waals surface area (Å²) in [6.07, 6.45) is 4.51. The summed E-state index contributed by atoms with van der Waals surface area (Å²) in [7, 11) is 0. The first-order valence-electron chi connectivity index (χ1n) is 13.1. The third-order valence-corrected chi connectivity index (χ3v) is 7.30. The van der Waals surface area contributed by atoms with Crippen molar-refractivity contribution < 1.29 is 23.4 Å². The Morgan fingerprint density at radius 3 is 2.76 bits per heavy atom. The van der Waals surface area contributed by atoms with E-state index in [0.29, 0.717) is 36.1 Å². The molecule has 1 aliphatic heterocycles. The predicted octanol–water partition coefficient (Wildman–Crippen LogP) is 4.67. The van der Waals surface area contributed by atoms with E-state index in [1.807, 2.05) is 45.0 Å². The van der Waals surface area contributed by atoms with Gasteiger partial charge in [0.2, 0.25) is 5.95 Å². The zero-order valence-corrected chi connectivity index (χ0v) is 22.0. The molecule has 6 rings (SSSR count).